The van der Waals surface area contributed by atoms with Gasteiger partial charge in [-0.25, -0.2) is 13.2 Å². The molecule has 1 amide bonds. The van der Waals surface area contributed by atoms with Crippen LogP contribution in [0.5, 0.6) is 0 Å². The number of ether oxygens (including phenoxy) is 1. The SMILES string of the molecule is O=C(OCC(=O)N(c1ccccc1)[C@@H]1CCS(=O)(=O)C1)c1ccc[nH]1. The number of hydrogen-bond acceptors (Lipinski definition) is 5. The molecule has 25 heavy (non-hydrogen) atoms. The fourth-order valence-electron chi connectivity index (χ4n) is 2.86. The molecule has 1 aromatic carbocycles. The monoisotopic (exact) mass is 362 g/mol. The van der Waals surface area contributed by atoms with Crippen LogP contribution in [0, 0.1) is 0 Å². The van der Waals surface area contributed by atoms with Crippen LogP contribution in [0.3, 0.4) is 0 Å². The van der Waals surface area contributed by atoms with Gasteiger partial charge in [-0.3, -0.25) is 4.79 Å². The van der Waals surface area contributed by atoms with Gasteiger partial charge < -0.3 is 14.6 Å². The van der Waals surface area contributed by atoms with Gasteiger partial charge in [0.25, 0.3) is 5.91 Å². The first kappa shape index (κ1) is 17.2. The fourth-order valence-corrected chi connectivity index (χ4v) is 4.56. The van der Waals surface area contributed by atoms with Gasteiger partial charge in [0.15, 0.2) is 16.4 Å². The second-order valence-electron chi connectivity index (χ2n) is 5.82. The highest BCUT2D eigenvalue weighted by Gasteiger charge is 2.35. The summed E-state index contributed by atoms with van der Waals surface area (Å²) in [6.45, 7) is -0.455. The Morgan fingerprint density at radius 1 is 1.16 bits per heavy atom. The van der Waals surface area contributed by atoms with E-state index in [9.17, 15) is 18.0 Å². The first-order valence-corrected chi connectivity index (χ1v) is 9.66. The molecule has 0 saturated carbocycles. The molecule has 0 radical (unpaired) electrons. The number of aromatic amines is 1. The van der Waals surface area contributed by atoms with Gasteiger partial charge >= 0.3 is 5.97 Å². The Labute approximate surface area is 145 Å². The van der Waals surface area contributed by atoms with Crippen molar-refractivity contribution in [2.75, 3.05) is 23.0 Å². The van der Waals surface area contributed by atoms with Crippen LogP contribution in [0.25, 0.3) is 0 Å². The lowest BCUT2D eigenvalue weighted by atomic mass is 10.2. The van der Waals surface area contributed by atoms with E-state index in [0.29, 0.717) is 12.1 Å². The van der Waals surface area contributed by atoms with Gasteiger partial charge in [-0.2, -0.15) is 0 Å². The Bertz CT molecular complexity index is 846. The number of esters is 1. The van der Waals surface area contributed by atoms with Crippen LogP contribution in [0.15, 0.2) is 48.7 Å². The average Bonchev–Trinajstić information content (AvgIpc) is 3.24. The van der Waals surface area contributed by atoms with E-state index in [0.717, 1.165) is 0 Å². The largest absolute Gasteiger partial charge is 0.451 e. The molecule has 1 fully saturated rings. The Balaban J connectivity index is 1.75. The maximum Gasteiger partial charge on any atom is 0.355 e. The summed E-state index contributed by atoms with van der Waals surface area (Å²) >= 11 is 0. The molecule has 3 rings (SSSR count). The van der Waals surface area contributed by atoms with E-state index >= 15 is 0 Å². The van der Waals surface area contributed by atoms with E-state index in [1.54, 1.807) is 42.6 Å². The van der Waals surface area contributed by atoms with Gasteiger partial charge in [0.1, 0.15) is 5.69 Å². The molecule has 0 aliphatic carbocycles. The molecule has 1 saturated heterocycles. The minimum absolute atomic E-state index is 0.0521. The van der Waals surface area contributed by atoms with Crippen LogP contribution in [-0.2, 0) is 19.4 Å². The van der Waals surface area contributed by atoms with Crippen molar-refractivity contribution >= 4 is 27.4 Å². The van der Waals surface area contributed by atoms with Crippen LogP contribution >= 0.6 is 0 Å². The van der Waals surface area contributed by atoms with Crippen molar-refractivity contribution in [3.63, 3.8) is 0 Å². The zero-order valence-corrected chi connectivity index (χ0v) is 14.2. The van der Waals surface area contributed by atoms with Crippen molar-refractivity contribution in [3.05, 3.63) is 54.4 Å². The molecule has 2 heterocycles. The minimum atomic E-state index is -3.16. The van der Waals surface area contributed by atoms with Crippen LogP contribution in [0.2, 0.25) is 0 Å². The summed E-state index contributed by atoms with van der Waals surface area (Å²) in [5.74, 6) is -1.12. The van der Waals surface area contributed by atoms with E-state index in [4.69, 9.17) is 4.74 Å². The Kier molecular flexibility index (Phi) is 4.89. The minimum Gasteiger partial charge on any atom is -0.451 e. The summed E-state index contributed by atoms with van der Waals surface area (Å²) in [6.07, 6.45) is 1.95. The smallest absolute Gasteiger partial charge is 0.355 e. The highest BCUT2D eigenvalue weighted by atomic mass is 32.2. The third-order valence-corrected chi connectivity index (χ3v) is 5.77. The quantitative estimate of drug-likeness (QED) is 0.811. The average molecular weight is 362 g/mol. The zero-order chi connectivity index (χ0) is 17.9. The zero-order valence-electron chi connectivity index (χ0n) is 13.4. The first-order chi connectivity index (χ1) is 12.0. The van der Waals surface area contributed by atoms with Crippen LogP contribution in [0.1, 0.15) is 16.9 Å². The maximum atomic E-state index is 12.7. The van der Waals surface area contributed by atoms with Crippen molar-refractivity contribution in [1.82, 2.24) is 4.98 Å². The van der Waals surface area contributed by atoms with E-state index < -0.39 is 34.4 Å². The topological polar surface area (TPSA) is 96.5 Å². The molecule has 1 aliphatic heterocycles. The third-order valence-electron chi connectivity index (χ3n) is 4.02. The molecule has 0 unspecified atom stereocenters. The van der Waals surface area contributed by atoms with E-state index in [1.807, 2.05) is 6.07 Å². The number of carbonyl (C=O) groups excluding carboxylic acids is 2. The lowest BCUT2D eigenvalue weighted by Crippen LogP contribution is -2.43. The van der Waals surface area contributed by atoms with Crippen LogP contribution in [-0.4, -0.2) is 49.4 Å². The Morgan fingerprint density at radius 2 is 1.92 bits per heavy atom. The van der Waals surface area contributed by atoms with E-state index in [2.05, 4.69) is 4.98 Å². The molecular weight excluding hydrogens is 344 g/mol. The van der Waals surface area contributed by atoms with Gasteiger partial charge in [-0.1, -0.05) is 18.2 Å². The van der Waals surface area contributed by atoms with Crippen LogP contribution in [0.4, 0.5) is 5.69 Å². The van der Waals surface area contributed by atoms with Crippen molar-refractivity contribution in [1.29, 1.82) is 0 Å². The molecule has 7 nitrogen and oxygen atoms in total. The number of sulfone groups is 1. The number of aromatic nitrogens is 1. The first-order valence-electron chi connectivity index (χ1n) is 7.84. The fraction of sp³-hybridized carbons (Fsp3) is 0.294. The molecule has 1 aliphatic rings. The number of nitrogens with one attached hydrogen (secondary N) is 1. The summed E-state index contributed by atoms with van der Waals surface area (Å²) in [5, 5.41) is 0. The molecule has 132 valence electrons. The van der Waals surface area contributed by atoms with Gasteiger partial charge in [-0.05, 0) is 30.7 Å². The summed E-state index contributed by atoms with van der Waals surface area (Å²) < 4.78 is 28.6. The molecule has 0 bridgehead atoms. The number of rotatable bonds is 5. The normalized spacial score (nSPS) is 18.6. The maximum absolute atomic E-state index is 12.7. The highest BCUT2D eigenvalue weighted by Crippen LogP contribution is 2.24. The predicted octanol–water partition coefficient (Wildman–Crippen LogP) is 1.39. The number of carbonyl (C=O) groups is 2. The number of benzene rings is 1. The Morgan fingerprint density at radius 3 is 2.52 bits per heavy atom. The Hall–Kier alpha value is -2.61. The number of hydrogen-bond donors (Lipinski definition) is 1. The van der Waals surface area contributed by atoms with Crippen molar-refractivity contribution in [3.8, 4) is 0 Å². The van der Waals surface area contributed by atoms with Gasteiger partial charge in [0, 0.05) is 11.9 Å². The second-order valence-corrected chi connectivity index (χ2v) is 8.04. The summed E-state index contributed by atoms with van der Waals surface area (Å²) in [7, 11) is -3.16. The van der Waals surface area contributed by atoms with Crippen molar-refractivity contribution in [2.24, 2.45) is 0 Å². The highest BCUT2D eigenvalue weighted by molar-refractivity contribution is 7.91. The van der Waals surface area contributed by atoms with Crippen LogP contribution < -0.4 is 4.90 Å². The molecule has 1 N–H and O–H groups in total. The van der Waals surface area contributed by atoms with E-state index in [-0.39, 0.29) is 17.2 Å². The third kappa shape index (κ3) is 4.08. The number of anilines is 1. The summed E-state index contributed by atoms with van der Waals surface area (Å²) in [5.41, 5.74) is 0.841. The number of para-hydroxylation sites is 1. The van der Waals surface area contributed by atoms with Gasteiger partial charge in [0.05, 0.1) is 17.5 Å². The van der Waals surface area contributed by atoms with E-state index in [1.165, 1.54) is 4.90 Å². The number of H-pyrrole nitrogens is 1. The lowest BCUT2D eigenvalue weighted by Gasteiger charge is -2.28. The van der Waals surface area contributed by atoms with Gasteiger partial charge in [-0.15, -0.1) is 0 Å². The predicted molar refractivity (Wildman–Crippen MR) is 92.1 cm³/mol. The lowest BCUT2D eigenvalue weighted by molar-refractivity contribution is -0.122. The second kappa shape index (κ2) is 7.10. The number of amides is 1. The molecule has 2 aromatic rings. The molecule has 1 aromatic heterocycles. The standard InChI is InChI=1S/C17H18N2O5S/c20-16(11-24-17(21)15-7-4-9-18-15)19(13-5-2-1-3-6-13)14-8-10-25(22,23)12-14/h1-7,9,14,18H,8,10-12H2/t14-/m1/s1. The summed E-state index contributed by atoms with van der Waals surface area (Å²) in [6, 6.07) is 11.6. The molecule has 0 spiro atoms. The van der Waals surface area contributed by atoms with Gasteiger partial charge in [0.2, 0.25) is 0 Å². The molecule has 8 heteroatoms. The molecular formula is C17H18N2O5S. The van der Waals surface area contributed by atoms with Crippen molar-refractivity contribution in [2.45, 2.75) is 12.5 Å². The van der Waals surface area contributed by atoms with Crippen molar-refractivity contribution < 1.29 is 22.7 Å². The number of nitrogens with zero attached hydrogens (tertiary/aromatic N) is 1. The molecule has 1 atom stereocenters. The summed E-state index contributed by atoms with van der Waals surface area (Å²) in [4.78, 5) is 28.7.